The van der Waals surface area contributed by atoms with E-state index < -0.39 is 0 Å². The lowest BCUT2D eigenvalue weighted by Crippen LogP contribution is -2.34. The fourth-order valence-electron chi connectivity index (χ4n) is 3.91. The number of aryl methyl sites for hydroxylation is 1. The van der Waals surface area contributed by atoms with Crippen LogP contribution in [0.3, 0.4) is 0 Å². The second-order valence-electron chi connectivity index (χ2n) is 9.02. The number of nitrogens with one attached hydrogen (secondary N) is 1. The van der Waals surface area contributed by atoms with Gasteiger partial charge in [0.05, 0.1) is 6.61 Å². The number of aliphatic hydroxyl groups is 1. The zero-order chi connectivity index (χ0) is 25.0. The Morgan fingerprint density at radius 3 is 2.09 bits per heavy atom. The van der Waals surface area contributed by atoms with Crippen LogP contribution in [-0.4, -0.2) is 23.7 Å². The lowest BCUT2D eigenvalue weighted by atomic mass is 10.00. The normalized spacial score (nSPS) is 13.1. The molecule has 3 heteroatoms. The third kappa shape index (κ3) is 12.9. The van der Waals surface area contributed by atoms with E-state index in [1.165, 1.54) is 29.2 Å². The lowest BCUT2D eigenvalue weighted by Gasteiger charge is -2.09. The van der Waals surface area contributed by atoms with Crippen molar-refractivity contribution in [3.63, 3.8) is 0 Å². The Morgan fingerprint density at radius 1 is 0.800 bits per heavy atom. The fourth-order valence-corrected chi connectivity index (χ4v) is 3.91. The van der Waals surface area contributed by atoms with Crippen LogP contribution in [0.1, 0.15) is 70.3 Å². The van der Waals surface area contributed by atoms with E-state index in [1.54, 1.807) is 6.92 Å². The van der Waals surface area contributed by atoms with Gasteiger partial charge in [-0.3, -0.25) is 4.79 Å². The van der Waals surface area contributed by atoms with Crippen molar-refractivity contribution in [2.24, 2.45) is 0 Å². The highest BCUT2D eigenvalue weighted by Gasteiger charge is 2.04. The van der Waals surface area contributed by atoms with E-state index in [0.29, 0.717) is 6.42 Å². The summed E-state index contributed by atoms with van der Waals surface area (Å²) in [4.78, 5) is 11.6. The molecular weight excluding hydrogens is 430 g/mol. The first-order valence-electron chi connectivity index (χ1n) is 13.2. The van der Waals surface area contributed by atoms with Crippen molar-refractivity contribution in [2.75, 3.05) is 6.61 Å². The third-order valence-electron chi connectivity index (χ3n) is 5.89. The number of hydrogen-bond acceptors (Lipinski definition) is 2. The first kappa shape index (κ1) is 28.3. The molecule has 3 nitrogen and oxygen atoms in total. The number of carbonyl (C=O) groups is 1. The van der Waals surface area contributed by atoms with Crippen LogP contribution in [0, 0.1) is 0 Å². The zero-order valence-electron chi connectivity index (χ0n) is 21.4. The summed E-state index contributed by atoms with van der Waals surface area (Å²) in [6.07, 6.45) is 27.6. The summed E-state index contributed by atoms with van der Waals surface area (Å²) in [5, 5.41) is 14.4. The van der Waals surface area contributed by atoms with Gasteiger partial charge >= 0.3 is 0 Å². The number of fused-ring (bicyclic) bond motifs is 1. The maximum absolute atomic E-state index is 11.6. The van der Waals surface area contributed by atoms with Crippen LogP contribution in [0.4, 0.5) is 0 Å². The summed E-state index contributed by atoms with van der Waals surface area (Å²) in [5.74, 6) is 0.0124. The van der Waals surface area contributed by atoms with Gasteiger partial charge < -0.3 is 10.4 Å². The molecule has 0 aliphatic carbocycles. The fraction of sp³-hybridized carbons (Fsp3) is 0.406. The molecular formula is C32H43NO2. The number of rotatable bonds is 17. The van der Waals surface area contributed by atoms with Crippen LogP contribution in [0.2, 0.25) is 0 Å². The van der Waals surface area contributed by atoms with Gasteiger partial charge in [0.25, 0.3) is 0 Å². The number of aliphatic hydroxyl groups excluding tert-OH is 1. The average Bonchev–Trinajstić information content (AvgIpc) is 2.87. The van der Waals surface area contributed by atoms with Crippen molar-refractivity contribution in [3.8, 4) is 0 Å². The van der Waals surface area contributed by atoms with E-state index in [0.717, 1.165) is 44.9 Å². The topological polar surface area (TPSA) is 49.3 Å². The van der Waals surface area contributed by atoms with Crippen LogP contribution in [-0.2, 0) is 11.2 Å². The third-order valence-corrected chi connectivity index (χ3v) is 5.89. The van der Waals surface area contributed by atoms with Crippen molar-refractivity contribution < 1.29 is 9.90 Å². The molecule has 0 aliphatic rings. The molecule has 0 saturated heterocycles. The van der Waals surface area contributed by atoms with Crippen molar-refractivity contribution >= 4 is 16.7 Å². The van der Waals surface area contributed by atoms with Gasteiger partial charge in [0.1, 0.15) is 0 Å². The van der Waals surface area contributed by atoms with E-state index in [-0.39, 0.29) is 18.6 Å². The maximum atomic E-state index is 11.6. The van der Waals surface area contributed by atoms with Crippen LogP contribution in [0.5, 0.6) is 0 Å². The second kappa shape index (κ2) is 18.4. The van der Waals surface area contributed by atoms with E-state index in [4.69, 9.17) is 5.11 Å². The van der Waals surface area contributed by atoms with Gasteiger partial charge in [-0.1, -0.05) is 91.1 Å². The molecule has 1 amide bonds. The predicted octanol–water partition coefficient (Wildman–Crippen LogP) is 7.62. The molecule has 0 fully saturated rings. The Morgan fingerprint density at radius 2 is 1.40 bits per heavy atom. The van der Waals surface area contributed by atoms with E-state index in [1.807, 2.05) is 0 Å². The van der Waals surface area contributed by atoms with Crippen molar-refractivity contribution in [1.29, 1.82) is 0 Å². The molecule has 1 atom stereocenters. The van der Waals surface area contributed by atoms with Crippen molar-refractivity contribution in [1.82, 2.24) is 5.32 Å². The van der Waals surface area contributed by atoms with Gasteiger partial charge in [0, 0.05) is 12.5 Å². The standard InChI is InChI=1S/C32H43NO2/c1-28(27-34)33-32(35)26-17-15-13-11-9-7-5-3-2-4-6-8-10-12-14-16-21-29-23-20-24-30-22-18-19-25-31(29)30/h2,4-5,7-8,10-11,13,18-20,22-25,28,34H,3,6,9,12,14-17,21,26-27H2,1H3,(H,33,35)/b4-2-,7-5-,10-8-,13-11-/t28-/m1/s1. The van der Waals surface area contributed by atoms with E-state index >= 15 is 0 Å². The summed E-state index contributed by atoms with van der Waals surface area (Å²) < 4.78 is 0. The molecule has 0 aliphatic heterocycles. The van der Waals surface area contributed by atoms with Crippen molar-refractivity contribution in [3.05, 3.63) is 96.6 Å². The molecule has 2 aromatic rings. The smallest absolute Gasteiger partial charge is 0.220 e. The van der Waals surface area contributed by atoms with E-state index in [2.05, 4.69) is 96.4 Å². The molecule has 0 heterocycles. The van der Waals surface area contributed by atoms with Crippen molar-refractivity contribution in [2.45, 2.75) is 77.2 Å². The zero-order valence-corrected chi connectivity index (χ0v) is 21.4. The minimum absolute atomic E-state index is 0.0124. The Labute approximate surface area is 212 Å². The molecule has 2 aromatic carbocycles. The van der Waals surface area contributed by atoms with E-state index in [9.17, 15) is 4.79 Å². The molecule has 2 N–H and O–H groups in total. The SMILES string of the molecule is C[C@H](CO)NC(=O)CCC/C=C\C/C=C\C/C=C\C/C=C\CCCCc1cccc2ccccc12. The van der Waals surface area contributed by atoms with Gasteiger partial charge in [-0.25, -0.2) is 0 Å². The highest BCUT2D eigenvalue weighted by Crippen LogP contribution is 2.20. The summed E-state index contributed by atoms with van der Waals surface area (Å²) >= 11 is 0. The maximum Gasteiger partial charge on any atom is 0.220 e. The number of unbranched alkanes of at least 4 members (excludes halogenated alkanes) is 3. The molecule has 0 aromatic heterocycles. The lowest BCUT2D eigenvalue weighted by molar-refractivity contribution is -0.122. The van der Waals surface area contributed by atoms with Crippen LogP contribution in [0.25, 0.3) is 10.8 Å². The predicted molar refractivity (Wildman–Crippen MR) is 150 cm³/mol. The molecule has 0 bridgehead atoms. The monoisotopic (exact) mass is 473 g/mol. The number of hydrogen-bond donors (Lipinski definition) is 2. The highest BCUT2D eigenvalue weighted by atomic mass is 16.3. The minimum Gasteiger partial charge on any atom is -0.394 e. The van der Waals surface area contributed by atoms with Gasteiger partial charge in [-0.2, -0.15) is 0 Å². The summed E-state index contributed by atoms with van der Waals surface area (Å²) in [7, 11) is 0. The van der Waals surface area contributed by atoms with Gasteiger partial charge in [-0.15, -0.1) is 0 Å². The molecule has 0 spiro atoms. The number of carbonyl (C=O) groups excluding carboxylic acids is 1. The minimum atomic E-state index is -0.162. The van der Waals surface area contributed by atoms with Gasteiger partial charge in [0.2, 0.25) is 5.91 Å². The molecule has 188 valence electrons. The Kier molecular flexibility index (Phi) is 14.9. The van der Waals surface area contributed by atoms with Crippen LogP contribution < -0.4 is 5.32 Å². The first-order valence-corrected chi connectivity index (χ1v) is 13.2. The summed E-state index contributed by atoms with van der Waals surface area (Å²) in [5.41, 5.74) is 1.47. The molecule has 35 heavy (non-hydrogen) atoms. The summed E-state index contributed by atoms with van der Waals surface area (Å²) in [6.45, 7) is 1.78. The first-order chi connectivity index (χ1) is 17.2. The molecule has 2 rings (SSSR count). The van der Waals surface area contributed by atoms with Crippen LogP contribution in [0.15, 0.2) is 91.1 Å². The summed E-state index contributed by atoms with van der Waals surface area (Å²) in [6, 6.07) is 15.1. The van der Waals surface area contributed by atoms with Gasteiger partial charge in [0.15, 0.2) is 0 Å². The molecule has 0 unspecified atom stereocenters. The van der Waals surface area contributed by atoms with Gasteiger partial charge in [-0.05, 0) is 81.0 Å². The van der Waals surface area contributed by atoms with Crippen LogP contribution >= 0.6 is 0 Å². The number of benzene rings is 2. The Bertz CT molecular complexity index is 965. The Balaban J connectivity index is 1.44. The Hall–Kier alpha value is -2.91. The second-order valence-corrected chi connectivity index (χ2v) is 9.02. The highest BCUT2D eigenvalue weighted by molar-refractivity contribution is 5.85. The largest absolute Gasteiger partial charge is 0.394 e. The quantitative estimate of drug-likeness (QED) is 0.183. The molecule has 0 radical (unpaired) electrons. The number of allylic oxidation sites excluding steroid dienone is 8. The number of amides is 1. The average molecular weight is 474 g/mol. The molecule has 0 saturated carbocycles.